The molecule has 3 rings (SSSR count). The van der Waals surface area contributed by atoms with E-state index in [-0.39, 0.29) is 18.2 Å². The highest BCUT2D eigenvalue weighted by Crippen LogP contribution is 2.39. The maximum atomic E-state index is 12.6. The van der Waals surface area contributed by atoms with Crippen molar-refractivity contribution in [3.05, 3.63) is 35.7 Å². The van der Waals surface area contributed by atoms with Crippen molar-refractivity contribution in [2.75, 3.05) is 0 Å². The first-order valence-electron chi connectivity index (χ1n) is 8.30. The van der Waals surface area contributed by atoms with Gasteiger partial charge >= 0.3 is 12.3 Å². The summed E-state index contributed by atoms with van der Waals surface area (Å²) in [6, 6.07) is 2.38. The fourth-order valence-electron chi connectivity index (χ4n) is 3.39. The molecule has 136 valence electrons. The number of ether oxygens (including phenoxy) is 1. The van der Waals surface area contributed by atoms with Crippen molar-refractivity contribution < 1.29 is 22.7 Å². The fraction of sp³-hybridized carbons (Fsp3) is 0.556. The lowest BCUT2D eigenvalue weighted by Crippen LogP contribution is -2.45. The van der Waals surface area contributed by atoms with E-state index in [1.165, 1.54) is 12.3 Å². The molecule has 1 amide bonds. The van der Waals surface area contributed by atoms with Crippen LogP contribution in [0.2, 0.25) is 0 Å². The monoisotopic (exact) mass is 354 g/mol. The van der Waals surface area contributed by atoms with E-state index < -0.39 is 17.5 Å². The van der Waals surface area contributed by atoms with E-state index in [0.29, 0.717) is 12.0 Å². The van der Waals surface area contributed by atoms with E-state index in [2.05, 4.69) is 4.98 Å². The van der Waals surface area contributed by atoms with Crippen LogP contribution < -0.4 is 0 Å². The van der Waals surface area contributed by atoms with Gasteiger partial charge in [0.15, 0.2) is 0 Å². The molecule has 2 unspecified atom stereocenters. The van der Waals surface area contributed by atoms with Crippen LogP contribution in [0.5, 0.6) is 0 Å². The molecule has 1 aromatic rings. The third-order valence-electron chi connectivity index (χ3n) is 4.42. The van der Waals surface area contributed by atoms with Crippen LogP contribution in [0, 0.1) is 0 Å². The molecule has 2 atom stereocenters. The van der Waals surface area contributed by atoms with Crippen molar-refractivity contribution in [3.8, 4) is 0 Å². The number of carbonyl (C=O) groups is 1. The Morgan fingerprint density at radius 3 is 2.48 bits per heavy atom. The second-order valence-electron chi connectivity index (χ2n) is 7.51. The minimum atomic E-state index is -4.44. The highest BCUT2D eigenvalue weighted by atomic mass is 19.4. The summed E-state index contributed by atoms with van der Waals surface area (Å²) in [6.45, 7) is 5.48. The summed E-state index contributed by atoms with van der Waals surface area (Å²) in [5, 5.41) is 0. The van der Waals surface area contributed by atoms with E-state index in [1.54, 1.807) is 4.90 Å². The van der Waals surface area contributed by atoms with Crippen molar-refractivity contribution in [1.29, 1.82) is 0 Å². The maximum Gasteiger partial charge on any atom is 0.433 e. The second-order valence-corrected chi connectivity index (χ2v) is 7.51. The molecule has 0 radical (unpaired) electrons. The molecule has 4 nitrogen and oxygen atoms in total. The van der Waals surface area contributed by atoms with Crippen LogP contribution in [0.3, 0.4) is 0 Å². The minimum Gasteiger partial charge on any atom is -0.444 e. The normalized spacial score (nSPS) is 23.4. The first kappa shape index (κ1) is 17.8. The van der Waals surface area contributed by atoms with Gasteiger partial charge in [-0.05, 0) is 57.2 Å². The summed E-state index contributed by atoms with van der Waals surface area (Å²) >= 11 is 0. The van der Waals surface area contributed by atoms with Crippen molar-refractivity contribution in [3.63, 3.8) is 0 Å². The van der Waals surface area contributed by atoms with Crippen LogP contribution in [0.25, 0.3) is 5.57 Å². The molecule has 7 heteroatoms. The molecule has 0 aliphatic carbocycles. The van der Waals surface area contributed by atoms with Gasteiger partial charge in [0.2, 0.25) is 0 Å². The number of hydrogen-bond donors (Lipinski definition) is 0. The number of amides is 1. The van der Waals surface area contributed by atoms with Crippen molar-refractivity contribution in [2.45, 2.75) is 63.9 Å². The Bertz CT molecular complexity index is 690. The van der Waals surface area contributed by atoms with Crippen LogP contribution in [0.15, 0.2) is 24.4 Å². The second kappa shape index (κ2) is 6.04. The van der Waals surface area contributed by atoms with Gasteiger partial charge in [0.05, 0.1) is 6.04 Å². The van der Waals surface area contributed by atoms with E-state index in [1.807, 2.05) is 26.8 Å². The standard InChI is InChI=1S/C18H21F3N2O2/c1-17(2,3)25-16(24)23-13-5-6-14(23)9-12(8-13)11-4-7-15(22-10-11)18(19,20)21/h4,7-8,10,13-14H,5-6,9H2,1-3H3. The highest BCUT2D eigenvalue weighted by Gasteiger charge is 2.41. The molecule has 0 saturated carbocycles. The Kier molecular flexibility index (Phi) is 4.29. The highest BCUT2D eigenvalue weighted by molar-refractivity contribution is 5.75. The van der Waals surface area contributed by atoms with Crippen LogP contribution in [-0.4, -0.2) is 33.7 Å². The van der Waals surface area contributed by atoms with Gasteiger partial charge in [-0.15, -0.1) is 0 Å². The van der Waals surface area contributed by atoms with Gasteiger partial charge in [-0.25, -0.2) is 4.79 Å². The quantitative estimate of drug-likeness (QED) is 0.737. The number of carbonyl (C=O) groups excluding carboxylic acids is 1. The van der Waals surface area contributed by atoms with Crippen LogP contribution in [0.4, 0.5) is 18.0 Å². The zero-order valence-electron chi connectivity index (χ0n) is 14.4. The number of halogens is 3. The summed E-state index contributed by atoms with van der Waals surface area (Å²) in [7, 11) is 0. The molecule has 0 aromatic carbocycles. The fourth-order valence-corrected chi connectivity index (χ4v) is 3.39. The Labute approximate surface area is 144 Å². The van der Waals surface area contributed by atoms with Gasteiger partial charge in [0.25, 0.3) is 0 Å². The Morgan fingerprint density at radius 2 is 1.96 bits per heavy atom. The van der Waals surface area contributed by atoms with E-state index in [4.69, 9.17) is 4.74 Å². The molecular weight excluding hydrogens is 333 g/mol. The lowest BCUT2D eigenvalue weighted by atomic mass is 9.96. The minimum absolute atomic E-state index is 0.0159. The van der Waals surface area contributed by atoms with Gasteiger partial charge in [0.1, 0.15) is 11.3 Å². The SMILES string of the molecule is CC(C)(C)OC(=O)N1C2C=C(c3ccc(C(F)(F)F)nc3)CC1CC2. The predicted molar refractivity (Wildman–Crippen MR) is 86.7 cm³/mol. The summed E-state index contributed by atoms with van der Waals surface area (Å²) in [4.78, 5) is 17.7. The molecule has 1 fully saturated rings. The molecule has 1 saturated heterocycles. The first-order chi connectivity index (χ1) is 11.5. The summed E-state index contributed by atoms with van der Waals surface area (Å²) in [5.41, 5.74) is 0.158. The van der Waals surface area contributed by atoms with Gasteiger partial charge in [-0.2, -0.15) is 13.2 Å². The zero-order valence-corrected chi connectivity index (χ0v) is 14.4. The first-order valence-corrected chi connectivity index (χ1v) is 8.30. The van der Waals surface area contributed by atoms with Crippen LogP contribution in [0.1, 0.15) is 51.3 Å². The van der Waals surface area contributed by atoms with Crippen molar-refractivity contribution >= 4 is 11.7 Å². The van der Waals surface area contributed by atoms with Gasteiger partial charge < -0.3 is 4.74 Å². The lowest BCUT2D eigenvalue weighted by molar-refractivity contribution is -0.141. The third-order valence-corrected chi connectivity index (χ3v) is 4.42. The molecule has 3 heterocycles. The Hall–Kier alpha value is -2.05. The number of pyridine rings is 1. The molecule has 25 heavy (non-hydrogen) atoms. The van der Waals surface area contributed by atoms with Crippen LogP contribution >= 0.6 is 0 Å². The van der Waals surface area contributed by atoms with E-state index in [0.717, 1.165) is 24.5 Å². The number of aromatic nitrogens is 1. The third kappa shape index (κ3) is 3.80. The number of fused-ring (bicyclic) bond motifs is 2. The summed E-state index contributed by atoms with van der Waals surface area (Å²) < 4.78 is 43.4. The molecule has 2 bridgehead atoms. The molecule has 1 aromatic heterocycles. The van der Waals surface area contributed by atoms with Crippen molar-refractivity contribution in [2.24, 2.45) is 0 Å². The number of nitrogens with zero attached hydrogens (tertiary/aromatic N) is 2. The molecule has 0 N–H and O–H groups in total. The predicted octanol–water partition coefficient (Wildman–Crippen LogP) is 4.66. The van der Waals surface area contributed by atoms with Gasteiger partial charge in [-0.1, -0.05) is 12.1 Å². The summed E-state index contributed by atoms with van der Waals surface area (Å²) in [5.74, 6) is 0. The van der Waals surface area contributed by atoms with Gasteiger partial charge in [-0.3, -0.25) is 9.88 Å². The van der Waals surface area contributed by atoms with E-state index >= 15 is 0 Å². The maximum absolute atomic E-state index is 12.6. The van der Waals surface area contributed by atoms with Crippen LogP contribution in [-0.2, 0) is 10.9 Å². The van der Waals surface area contributed by atoms with Gasteiger partial charge in [0, 0.05) is 12.2 Å². The molecular formula is C18H21F3N2O2. The largest absolute Gasteiger partial charge is 0.444 e. The van der Waals surface area contributed by atoms with E-state index in [9.17, 15) is 18.0 Å². The zero-order chi connectivity index (χ0) is 18.4. The summed E-state index contributed by atoms with van der Waals surface area (Å²) in [6.07, 6.45) is 0.740. The van der Waals surface area contributed by atoms with Crippen molar-refractivity contribution in [1.82, 2.24) is 9.88 Å². The number of rotatable bonds is 1. The Morgan fingerprint density at radius 1 is 1.24 bits per heavy atom. The Balaban J connectivity index is 1.79. The topological polar surface area (TPSA) is 42.4 Å². The number of hydrogen-bond acceptors (Lipinski definition) is 3. The molecule has 2 aliphatic heterocycles. The molecule has 2 aliphatic rings. The average Bonchev–Trinajstić information content (AvgIpc) is 2.75. The lowest BCUT2D eigenvalue weighted by Gasteiger charge is -2.35. The average molecular weight is 354 g/mol. The smallest absolute Gasteiger partial charge is 0.433 e. The number of alkyl halides is 3. The molecule has 0 spiro atoms.